The molecular formula is C70H122N16O16. The molecule has 0 radical (unpaired) electrons. The van der Waals surface area contributed by atoms with Gasteiger partial charge in [0.05, 0.1) is 0 Å². The molecule has 0 saturated heterocycles. The molecule has 0 bridgehead atoms. The summed E-state index contributed by atoms with van der Waals surface area (Å²) < 4.78 is 0. The Balaban J connectivity index is 0.000000693. The molecule has 3 saturated carbocycles. The summed E-state index contributed by atoms with van der Waals surface area (Å²) >= 11 is 0. The fourth-order valence-corrected chi connectivity index (χ4v) is 12.0. The first kappa shape index (κ1) is 89.6. The monoisotopic (exact) mass is 1440 g/mol. The average molecular weight is 1440 g/mol. The molecule has 102 heavy (non-hydrogen) atoms. The normalized spacial score (nSPS) is 14.7. The minimum atomic E-state index is -0.830. The summed E-state index contributed by atoms with van der Waals surface area (Å²) in [7, 11) is 0. The number of hydrogen-bond donors (Lipinski definition) is 14. The minimum absolute atomic E-state index is 0.0799. The summed E-state index contributed by atoms with van der Waals surface area (Å²) in [6.45, 7) is 9.84. The van der Waals surface area contributed by atoms with Crippen LogP contribution in [0, 0.1) is 47.3 Å². The minimum Gasteiger partial charge on any atom is -0.369 e. The Morgan fingerprint density at radius 3 is 0.824 bits per heavy atom. The smallest absolute Gasteiger partial charge is 0.242 e. The number of nitrogens with one attached hydrogen (secondary N) is 10. The molecule has 0 heterocycles. The van der Waals surface area contributed by atoms with Gasteiger partial charge in [0.15, 0.2) is 0 Å². The van der Waals surface area contributed by atoms with Crippen LogP contribution in [0.25, 0.3) is 0 Å². The van der Waals surface area contributed by atoms with Crippen molar-refractivity contribution in [1.82, 2.24) is 63.0 Å². The van der Waals surface area contributed by atoms with Gasteiger partial charge >= 0.3 is 0 Å². The zero-order chi connectivity index (χ0) is 76.1. The number of primary amides is 4. The lowest BCUT2D eigenvalue weighted by Gasteiger charge is -2.23. The van der Waals surface area contributed by atoms with E-state index in [-0.39, 0.29) is 129 Å². The molecule has 0 aromatic rings. The molecule has 0 aromatic carbocycles. The molecule has 18 N–H and O–H groups in total. The first-order valence-electron chi connectivity index (χ1n) is 36.8. The van der Waals surface area contributed by atoms with Crippen molar-refractivity contribution < 1.29 is 76.7 Å². The van der Waals surface area contributed by atoms with E-state index in [1.54, 1.807) is 0 Å². The van der Waals surface area contributed by atoms with E-state index in [0.717, 1.165) is 48.3 Å². The van der Waals surface area contributed by atoms with Crippen molar-refractivity contribution in [2.24, 2.45) is 70.3 Å². The molecule has 3 rings (SSSR count). The number of amides is 16. The fraction of sp³-hybridized carbons (Fsp3) is 0.771. The molecule has 0 unspecified atom stereocenters. The van der Waals surface area contributed by atoms with Gasteiger partial charge in [0, 0.05) is 117 Å². The van der Waals surface area contributed by atoms with Crippen molar-refractivity contribution in [2.45, 2.75) is 221 Å². The van der Waals surface area contributed by atoms with Gasteiger partial charge in [-0.05, 0) is 152 Å². The number of unbranched alkanes of at least 4 members (excludes halogenated alkanes) is 6. The van der Waals surface area contributed by atoms with Crippen molar-refractivity contribution >= 4 is 94.5 Å². The van der Waals surface area contributed by atoms with Crippen LogP contribution in [-0.2, 0) is 76.7 Å². The quantitative estimate of drug-likeness (QED) is 0.0348. The fourth-order valence-electron chi connectivity index (χ4n) is 12.0. The van der Waals surface area contributed by atoms with Crippen LogP contribution in [0.2, 0.25) is 0 Å². The zero-order valence-corrected chi connectivity index (χ0v) is 61.4. The molecule has 32 heteroatoms. The van der Waals surface area contributed by atoms with Gasteiger partial charge in [-0.15, -0.1) is 0 Å². The van der Waals surface area contributed by atoms with Crippen molar-refractivity contribution in [3.05, 3.63) is 0 Å². The van der Waals surface area contributed by atoms with Crippen LogP contribution in [0.5, 0.6) is 0 Å². The van der Waals surface area contributed by atoms with Gasteiger partial charge in [-0.25, -0.2) is 0 Å². The predicted molar refractivity (Wildman–Crippen MR) is 380 cm³/mol. The maximum atomic E-state index is 13.2. The van der Waals surface area contributed by atoms with E-state index in [1.807, 2.05) is 13.8 Å². The van der Waals surface area contributed by atoms with Crippen LogP contribution < -0.4 is 76.1 Å². The van der Waals surface area contributed by atoms with E-state index >= 15 is 0 Å². The molecule has 3 aliphatic carbocycles. The van der Waals surface area contributed by atoms with Gasteiger partial charge in [0.2, 0.25) is 94.5 Å². The summed E-state index contributed by atoms with van der Waals surface area (Å²) in [5, 5.41) is 26.9. The van der Waals surface area contributed by atoms with Crippen LogP contribution in [0.1, 0.15) is 208 Å². The molecule has 32 nitrogen and oxygen atoms in total. The Morgan fingerprint density at radius 2 is 0.588 bits per heavy atom. The molecule has 16 amide bonds. The lowest BCUT2D eigenvalue weighted by molar-refractivity contribution is -0.139. The number of nitrogens with two attached hydrogens (primary N) is 4. The summed E-state index contributed by atoms with van der Waals surface area (Å²) in [4.78, 5) is 198. The molecule has 3 aliphatic rings. The van der Waals surface area contributed by atoms with Crippen LogP contribution in [0.4, 0.5) is 0 Å². The highest BCUT2D eigenvalue weighted by Gasteiger charge is 2.37. The van der Waals surface area contributed by atoms with E-state index < -0.39 is 59.3 Å². The van der Waals surface area contributed by atoms with E-state index in [2.05, 4.69) is 53.2 Å². The summed E-state index contributed by atoms with van der Waals surface area (Å²) in [6, 6.07) is -1.66. The van der Waals surface area contributed by atoms with Gasteiger partial charge in [-0.1, -0.05) is 39.5 Å². The van der Waals surface area contributed by atoms with E-state index in [1.165, 1.54) is 27.7 Å². The van der Waals surface area contributed by atoms with Crippen LogP contribution in [-0.4, -0.2) is 195 Å². The van der Waals surface area contributed by atoms with E-state index in [0.29, 0.717) is 173 Å². The van der Waals surface area contributed by atoms with Gasteiger partial charge in [0.25, 0.3) is 0 Å². The van der Waals surface area contributed by atoms with E-state index in [9.17, 15) is 76.7 Å². The second-order valence-corrected chi connectivity index (χ2v) is 27.7. The Hall–Kier alpha value is -8.48. The molecule has 0 spiro atoms. The van der Waals surface area contributed by atoms with Crippen LogP contribution >= 0.6 is 0 Å². The second-order valence-electron chi connectivity index (χ2n) is 27.7. The number of hydrogen-bond acceptors (Lipinski definition) is 16. The number of carbonyl (C=O) groups is 16. The number of rotatable bonds is 56. The van der Waals surface area contributed by atoms with Gasteiger partial charge in [-0.2, -0.15) is 0 Å². The molecule has 0 aliphatic heterocycles. The summed E-state index contributed by atoms with van der Waals surface area (Å²) in [5.74, 6) is -5.59. The van der Waals surface area contributed by atoms with Gasteiger partial charge < -0.3 is 85.9 Å². The van der Waals surface area contributed by atoms with Crippen LogP contribution in [0.3, 0.4) is 0 Å². The predicted octanol–water partition coefficient (Wildman–Crippen LogP) is -0.297. The maximum Gasteiger partial charge on any atom is 0.242 e. The maximum absolute atomic E-state index is 13.2. The standard InChI is InChI=1S/C35H60N8O8.C35H62N8O8/c1-23(44)38-17-8-5-11-29(42-24(2)45)35(51)41-20-16-32(48)43(21-30(46)39-18-6-3-9-27(33(36)49)25-12-13-25)22-31(47)40-19-7-4-10-28(34(37)50)26-14-15-26;1-23(2)27(33(36)49)11-5-8-18-39-30(46)21-43(22-31(47)40-19-9-6-12-28(34(37)50)26-14-15-26)32(48)16-20-41-35(51)29(42-25(4)45)13-7-10-17-38-24(3)44/h25-29H,3-22H2,1-2H3,(H2,36,49)(H2,37,50)(H,38,44)(H,39,46)(H,40,47)(H,41,51)(H,42,45);23,26-29H,5-22H2,1-4H3,(H2,36,49)(H2,37,50)(H,38,44)(H,39,46)(H,40,47)(H,41,51)(H,42,45)/t2*27-,28-,29+/m11/s1. The molecule has 0 aromatic heterocycles. The topological polar surface area (TPSA) is 504 Å². The third kappa shape index (κ3) is 42.7. The van der Waals surface area contributed by atoms with Crippen molar-refractivity contribution in [1.29, 1.82) is 0 Å². The molecular weight excluding hydrogens is 1320 g/mol. The third-order valence-electron chi connectivity index (χ3n) is 18.2. The number of nitrogens with zero attached hydrogens (tertiary/aromatic N) is 2. The highest BCUT2D eigenvalue weighted by molar-refractivity contribution is 5.92. The third-order valence-corrected chi connectivity index (χ3v) is 18.2. The first-order chi connectivity index (χ1) is 48.4. The highest BCUT2D eigenvalue weighted by atomic mass is 16.2. The lowest BCUT2D eigenvalue weighted by atomic mass is 9.90. The lowest BCUT2D eigenvalue weighted by Crippen LogP contribution is -2.48. The Bertz CT molecular complexity index is 2470. The number of carbonyl (C=O) groups excluding carboxylic acids is 16. The second kappa shape index (κ2) is 50.8. The zero-order valence-electron chi connectivity index (χ0n) is 61.4. The average Bonchev–Trinajstić information content (AvgIpc) is 1.73. The summed E-state index contributed by atoms with van der Waals surface area (Å²) in [6.07, 6.45) is 16.6. The highest BCUT2D eigenvalue weighted by Crippen LogP contribution is 2.40. The SMILES string of the molecule is CC(=O)NCCCC[C@H](NC(C)=O)C(=O)NCCC(=O)N(CC(=O)NCCCC[C@@H](C(N)=O)C(C)C)CC(=O)NCCCC[C@@H](C(N)=O)C1CC1.CC(=O)NCCCC[C@H](NC(C)=O)C(=O)NCCC(=O)N(CC(=O)NCCCC[C@@H](C(N)=O)C1CC1)CC(=O)NCCCC[C@@H](C(N)=O)C1CC1. The Labute approximate surface area is 601 Å². The first-order valence-corrected chi connectivity index (χ1v) is 36.8. The molecule has 6 atom stereocenters. The van der Waals surface area contributed by atoms with Crippen LogP contribution in [0.15, 0.2) is 0 Å². The Morgan fingerprint density at radius 1 is 0.324 bits per heavy atom. The van der Waals surface area contributed by atoms with E-state index in [4.69, 9.17) is 22.9 Å². The van der Waals surface area contributed by atoms with Crippen molar-refractivity contribution in [2.75, 3.05) is 78.5 Å². The van der Waals surface area contributed by atoms with Crippen molar-refractivity contribution in [3.63, 3.8) is 0 Å². The largest absolute Gasteiger partial charge is 0.369 e. The molecule has 578 valence electrons. The Kier molecular flexibility index (Phi) is 44.6. The van der Waals surface area contributed by atoms with Gasteiger partial charge in [0.1, 0.15) is 38.3 Å². The molecule has 3 fully saturated rings. The van der Waals surface area contributed by atoms with Crippen molar-refractivity contribution in [3.8, 4) is 0 Å². The van der Waals surface area contributed by atoms with Gasteiger partial charge in [-0.3, -0.25) is 76.7 Å². The summed E-state index contributed by atoms with van der Waals surface area (Å²) in [5.41, 5.74) is 22.0.